The maximum atomic E-state index is 10.5. The van der Waals surface area contributed by atoms with Gasteiger partial charge in [-0.15, -0.1) is 0 Å². The van der Waals surface area contributed by atoms with Crippen LogP contribution in [0.4, 0.5) is 0 Å². The lowest BCUT2D eigenvalue weighted by atomic mass is 11.0. The van der Waals surface area contributed by atoms with Crippen molar-refractivity contribution in [2.45, 2.75) is 5.22 Å². The molecule has 0 spiro atoms. The summed E-state index contributed by atoms with van der Waals surface area (Å²) >= 11 is 4.52. The third kappa shape index (κ3) is 4.09. The molecule has 6 nitrogen and oxygen atoms in total. The summed E-state index contributed by atoms with van der Waals surface area (Å²) in [4.78, 5) is 6.51. The third-order valence-corrected chi connectivity index (χ3v) is 2.22. The average Bonchev–Trinajstić information content (AvgIpc) is 2.73. The first-order valence-electron chi connectivity index (χ1n) is 3.72. The smallest absolute Gasteiger partial charge is 0.314 e. The van der Waals surface area contributed by atoms with Gasteiger partial charge in [-0.05, 0) is 12.2 Å². The number of hydrogen-bond donors (Lipinski definition) is 1. The van der Waals surface area contributed by atoms with Crippen LogP contribution in [0.2, 0.25) is 0 Å². The first-order valence-corrected chi connectivity index (χ1v) is 6.02. The lowest BCUT2D eigenvalue weighted by molar-refractivity contribution is 0.432. The second kappa shape index (κ2) is 4.89. The molecule has 2 aromatic heterocycles. The van der Waals surface area contributed by atoms with Gasteiger partial charge >= 0.3 is 5.22 Å². The summed E-state index contributed by atoms with van der Waals surface area (Å²) < 4.78 is 30.2. The van der Waals surface area contributed by atoms with Gasteiger partial charge in [0.1, 0.15) is 12.5 Å². The Morgan fingerprint density at radius 3 is 2.33 bits per heavy atom. The van der Waals surface area contributed by atoms with Crippen LogP contribution in [-0.4, -0.2) is 24.6 Å². The van der Waals surface area contributed by atoms with E-state index in [-0.39, 0.29) is 5.22 Å². The highest BCUT2D eigenvalue weighted by Gasteiger charge is 2.10. The van der Waals surface area contributed by atoms with Crippen LogP contribution in [0.5, 0.6) is 0 Å². The zero-order valence-electron chi connectivity index (χ0n) is 7.71. The fourth-order valence-electron chi connectivity index (χ4n) is 0.625. The molecule has 2 aromatic rings. The van der Waals surface area contributed by atoms with Crippen molar-refractivity contribution in [3.05, 3.63) is 29.8 Å². The van der Waals surface area contributed by atoms with Crippen LogP contribution in [0.15, 0.2) is 39.0 Å². The Kier molecular flexibility index (Phi) is 3.81. The Bertz CT molecular complexity index is 521. The van der Waals surface area contributed by atoms with Gasteiger partial charge < -0.3 is 13.8 Å². The van der Waals surface area contributed by atoms with Crippen molar-refractivity contribution in [3.63, 3.8) is 0 Å². The topological polar surface area (TPSA) is 89.1 Å². The Labute approximate surface area is 90.9 Å². The molecule has 82 valence electrons. The molecule has 0 aliphatic heterocycles. The second-order valence-corrected chi connectivity index (χ2v) is 4.69. The lowest BCUT2D eigenvalue weighted by Gasteiger charge is -1.84. The van der Waals surface area contributed by atoms with Gasteiger partial charge in [-0.1, -0.05) is 0 Å². The van der Waals surface area contributed by atoms with E-state index in [1.54, 1.807) is 6.20 Å². The van der Waals surface area contributed by atoms with Crippen molar-refractivity contribution in [1.29, 1.82) is 0 Å². The highest BCUT2D eigenvalue weighted by atomic mass is 32.2. The van der Waals surface area contributed by atoms with E-state index in [1.807, 2.05) is 0 Å². The maximum absolute atomic E-state index is 10.5. The predicted molar refractivity (Wildman–Crippen MR) is 53.5 cm³/mol. The minimum absolute atomic E-state index is 0.234. The molecular formula is C7H8N2O4S2. The number of sulfone groups is 1. The Morgan fingerprint density at radius 1 is 1.40 bits per heavy atom. The third-order valence-electron chi connectivity index (χ3n) is 1.17. The number of oxazole rings is 2. The monoisotopic (exact) mass is 248 g/mol. The molecule has 0 aliphatic rings. The summed E-state index contributed by atoms with van der Waals surface area (Å²) in [5.74, 6) is 0. The van der Waals surface area contributed by atoms with Crippen molar-refractivity contribution in [2.24, 2.45) is 0 Å². The van der Waals surface area contributed by atoms with Gasteiger partial charge in [0.15, 0.2) is 0 Å². The van der Waals surface area contributed by atoms with Gasteiger partial charge in [0.2, 0.25) is 9.84 Å². The van der Waals surface area contributed by atoms with Crippen molar-refractivity contribution in [2.75, 3.05) is 6.26 Å². The van der Waals surface area contributed by atoms with Crippen molar-refractivity contribution >= 4 is 22.1 Å². The molecule has 0 aromatic carbocycles. The van der Waals surface area contributed by atoms with E-state index in [1.165, 1.54) is 18.7 Å². The second-order valence-electron chi connectivity index (χ2n) is 2.42. The van der Waals surface area contributed by atoms with E-state index in [4.69, 9.17) is 0 Å². The molecule has 2 heterocycles. The number of nitrogens with zero attached hydrogens (tertiary/aromatic N) is 1. The summed E-state index contributed by atoms with van der Waals surface area (Å²) in [7, 11) is -3.24. The van der Waals surface area contributed by atoms with Crippen LogP contribution in [0.3, 0.4) is 0 Å². The molecule has 0 bridgehead atoms. The van der Waals surface area contributed by atoms with Crippen LogP contribution in [-0.2, 0) is 9.84 Å². The minimum Gasteiger partial charge on any atom is -0.438 e. The van der Waals surface area contributed by atoms with Crippen LogP contribution >= 0.6 is 12.2 Å². The summed E-state index contributed by atoms with van der Waals surface area (Å²) in [5, 5.41) is -0.234. The standard InChI is InChI=1S/C4H5NO3S.C3H3NOS/c1-9(6,7)4-5-2-3-8-4;6-3-4-1-2-5-3/h2-3H,1H3;1-2H,(H,4,6). The van der Waals surface area contributed by atoms with E-state index in [0.717, 1.165) is 6.26 Å². The van der Waals surface area contributed by atoms with Gasteiger partial charge in [0, 0.05) is 12.5 Å². The number of aromatic amines is 1. The lowest BCUT2D eigenvalue weighted by Crippen LogP contribution is -1.95. The molecule has 0 unspecified atom stereocenters. The minimum atomic E-state index is -3.24. The first kappa shape index (κ1) is 11.7. The largest absolute Gasteiger partial charge is 0.438 e. The van der Waals surface area contributed by atoms with Gasteiger partial charge in [-0.3, -0.25) is 0 Å². The van der Waals surface area contributed by atoms with Gasteiger partial charge in [-0.25, -0.2) is 13.4 Å². The summed E-state index contributed by atoms with van der Waals surface area (Å²) in [6.07, 6.45) is 6.69. The molecule has 0 saturated carbocycles. The van der Waals surface area contributed by atoms with Gasteiger partial charge in [-0.2, -0.15) is 0 Å². The number of hydrogen-bond acceptors (Lipinski definition) is 6. The van der Waals surface area contributed by atoms with E-state index >= 15 is 0 Å². The molecule has 0 amide bonds. The molecule has 0 radical (unpaired) electrons. The van der Waals surface area contributed by atoms with Crippen molar-refractivity contribution < 1.29 is 17.3 Å². The van der Waals surface area contributed by atoms with Crippen molar-refractivity contribution in [3.8, 4) is 0 Å². The zero-order chi connectivity index (χ0) is 11.3. The van der Waals surface area contributed by atoms with E-state index < -0.39 is 9.84 Å². The Morgan fingerprint density at radius 2 is 2.13 bits per heavy atom. The predicted octanol–water partition coefficient (Wildman–Crippen LogP) is 1.42. The van der Waals surface area contributed by atoms with Gasteiger partial charge in [0.25, 0.3) is 4.84 Å². The summed E-state index contributed by atoms with van der Waals surface area (Å²) in [6, 6.07) is 0. The number of nitrogens with one attached hydrogen (secondary N) is 1. The summed E-state index contributed by atoms with van der Waals surface area (Å²) in [6.45, 7) is 0. The Hall–Kier alpha value is -1.41. The number of aromatic nitrogens is 2. The highest BCUT2D eigenvalue weighted by molar-refractivity contribution is 7.90. The fourth-order valence-corrected chi connectivity index (χ4v) is 1.23. The molecule has 2 rings (SSSR count). The van der Waals surface area contributed by atoms with Crippen molar-refractivity contribution in [1.82, 2.24) is 9.97 Å². The molecule has 1 N–H and O–H groups in total. The SMILES string of the molecule is CS(=O)(=O)c1ncco1.S=c1[nH]cco1. The molecule has 0 atom stereocenters. The Balaban J connectivity index is 0.000000162. The molecule has 0 aliphatic carbocycles. The van der Waals surface area contributed by atoms with Crippen LogP contribution in [0.25, 0.3) is 0 Å². The van der Waals surface area contributed by atoms with Crippen LogP contribution in [0, 0.1) is 4.84 Å². The molecule has 0 saturated heterocycles. The maximum Gasteiger partial charge on any atom is 0.314 e. The van der Waals surface area contributed by atoms with Gasteiger partial charge in [0.05, 0.1) is 6.20 Å². The number of rotatable bonds is 1. The highest BCUT2D eigenvalue weighted by Crippen LogP contribution is 2.01. The number of H-pyrrole nitrogens is 1. The molecule has 8 heteroatoms. The van der Waals surface area contributed by atoms with E-state index in [2.05, 4.69) is 31.0 Å². The molecular weight excluding hydrogens is 240 g/mol. The average molecular weight is 248 g/mol. The normalized spacial score (nSPS) is 10.5. The molecule has 15 heavy (non-hydrogen) atoms. The summed E-state index contributed by atoms with van der Waals surface area (Å²) in [5.41, 5.74) is 0. The quantitative estimate of drug-likeness (QED) is 0.767. The first-order chi connectivity index (χ1) is 7.00. The molecule has 0 fully saturated rings. The van der Waals surface area contributed by atoms with E-state index in [0.29, 0.717) is 4.84 Å². The van der Waals surface area contributed by atoms with Crippen LogP contribution in [0.1, 0.15) is 0 Å². The van der Waals surface area contributed by atoms with Crippen LogP contribution < -0.4 is 0 Å². The zero-order valence-corrected chi connectivity index (χ0v) is 9.34. The fraction of sp³-hybridized carbons (Fsp3) is 0.143. The van der Waals surface area contributed by atoms with E-state index in [9.17, 15) is 8.42 Å².